The monoisotopic (exact) mass is 344 g/mol. The van der Waals surface area contributed by atoms with E-state index < -0.39 is 0 Å². The van der Waals surface area contributed by atoms with Crippen molar-refractivity contribution in [2.45, 2.75) is 0 Å². The van der Waals surface area contributed by atoms with Gasteiger partial charge in [0.25, 0.3) is 0 Å². The van der Waals surface area contributed by atoms with Crippen molar-refractivity contribution in [1.29, 1.82) is 0 Å². The highest BCUT2D eigenvalue weighted by Gasteiger charge is 2.13. The molecule has 0 fully saturated rings. The Bertz CT molecular complexity index is 981. The first-order chi connectivity index (χ1) is 10.7. The lowest BCUT2D eigenvalue weighted by molar-refractivity contribution is 0.874. The maximum absolute atomic E-state index is 5.95. The van der Waals surface area contributed by atoms with E-state index in [0.29, 0.717) is 9.79 Å². The van der Waals surface area contributed by atoms with Crippen LogP contribution in [0, 0.1) is 4.77 Å². The summed E-state index contributed by atoms with van der Waals surface area (Å²) in [5, 5.41) is 4.56. The molecule has 0 unspecified atom stereocenters. The van der Waals surface area contributed by atoms with Gasteiger partial charge in [-0.05, 0) is 48.6 Å². The highest BCUT2D eigenvalue weighted by atomic mass is 35.5. The van der Waals surface area contributed by atoms with Crippen molar-refractivity contribution in [3.8, 4) is 16.5 Å². The average molecular weight is 345 g/mol. The zero-order valence-electron chi connectivity index (χ0n) is 11.2. The van der Waals surface area contributed by atoms with Crippen LogP contribution in [0.4, 0.5) is 0 Å². The fourth-order valence-electron chi connectivity index (χ4n) is 2.21. The lowest BCUT2D eigenvalue weighted by Gasteiger charge is -2.03. The number of para-hydroxylation sites is 1. The van der Waals surface area contributed by atoms with Crippen LogP contribution in [-0.2, 0) is 0 Å². The second-order valence-electron chi connectivity index (χ2n) is 4.66. The molecule has 108 valence electrons. The Balaban J connectivity index is 1.92. The van der Waals surface area contributed by atoms with Crippen LogP contribution in [-0.4, -0.2) is 19.7 Å². The Morgan fingerprint density at radius 2 is 1.82 bits per heavy atom. The van der Waals surface area contributed by atoms with Gasteiger partial charge in [-0.1, -0.05) is 35.1 Å². The quantitative estimate of drug-likeness (QED) is 0.528. The predicted molar refractivity (Wildman–Crippen MR) is 92.4 cm³/mol. The van der Waals surface area contributed by atoms with Crippen molar-refractivity contribution in [1.82, 2.24) is 19.7 Å². The number of hydrogen-bond donors (Lipinski definition) is 1. The van der Waals surface area contributed by atoms with Crippen LogP contribution in [0.25, 0.3) is 26.7 Å². The standard InChI is InChI=1S/C15H9ClN4S2/c16-10-7-5-9(6-8-10)13-18-14(21)19-20(13)15-17-11-3-1-2-4-12(11)22-15/h1-8H,(H,19,21). The number of H-pyrrole nitrogens is 1. The molecular weight excluding hydrogens is 336 g/mol. The van der Waals surface area contributed by atoms with Gasteiger partial charge in [0.1, 0.15) is 0 Å². The third-order valence-electron chi connectivity index (χ3n) is 3.20. The molecule has 0 atom stereocenters. The van der Waals surface area contributed by atoms with Crippen LogP contribution in [0.1, 0.15) is 0 Å². The van der Waals surface area contributed by atoms with E-state index in [1.54, 1.807) is 11.3 Å². The van der Waals surface area contributed by atoms with Gasteiger partial charge in [-0.3, -0.25) is 5.10 Å². The van der Waals surface area contributed by atoms with E-state index in [-0.39, 0.29) is 0 Å². The van der Waals surface area contributed by atoms with E-state index in [2.05, 4.69) is 15.1 Å². The third-order valence-corrected chi connectivity index (χ3v) is 4.66. The molecule has 0 bridgehead atoms. The second-order valence-corrected chi connectivity index (χ2v) is 6.49. The summed E-state index contributed by atoms with van der Waals surface area (Å²) in [4.78, 5) is 9.04. The first-order valence-electron chi connectivity index (χ1n) is 6.52. The van der Waals surface area contributed by atoms with Gasteiger partial charge in [0.2, 0.25) is 9.90 Å². The molecule has 22 heavy (non-hydrogen) atoms. The van der Waals surface area contributed by atoms with Gasteiger partial charge in [0.15, 0.2) is 5.82 Å². The molecule has 0 aliphatic heterocycles. The number of aromatic nitrogens is 4. The average Bonchev–Trinajstić information content (AvgIpc) is 3.11. The predicted octanol–water partition coefficient (Wildman–Crippen LogP) is 4.86. The molecule has 7 heteroatoms. The topological polar surface area (TPSA) is 46.5 Å². The minimum atomic E-state index is 0.421. The van der Waals surface area contributed by atoms with Crippen molar-refractivity contribution in [3.63, 3.8) is 0 Å². The van der Waals surface area contributed by atoms with E-state index >= 15 is 0 Å². The molecule has 4 aromatic rings. The van der Waals surface area contributed by atoms with Crippen molar-refractivity contribution < 1.29 is 0 Å². The summed E-state index contributed by atoms with van der Waals surface area (Å²) in [6, 6.07) is 15.5. The van der Waals surface area contributed by atoms with Crippen LogP contribution >= 0.6 is 35.2 Å². The lowest BCUT2D eigenvalue weighted by Crippen LogP contribution is -1.98. The van der Waals surface area contributed by atoms with Gasteiger partial charge >= 0.3 is 0 Å². The number of benzene rings is 2. The van der Waals surface area contributed by atoms with E-state index in [1.807, 2.05) is 53.2 Å². The van der Waals surface area contributed by atoms with E-state index in [1.165, 1.54) is 0 Å². The highest BCUT2D eigenvalue weighted by Crippen LogP contribution is 2.28. The molecule has 0 saturated carbocycles. The fourth-order valence-corrected chi connectivity index (χ4v) is 3.44. The molecular formula is C15H9ClN4S2. The molecule has 1 N–H and O–H groups in total. The van der Waals surface area contributed by atoms with Gasteiger partial charge in [-0.25, -0.2) is 9.67 Å². The lowest BCUT2D eigenvalue weighted by atomic mass is 10.2. The normalized spacial score (nSPS) is 11.1. The maximum Gasteiger partial charge on any atom is 0.214 e. The number of aromatic amines is 1. The van der Waals surface area contributed by atoms with Gasteiger partial charge in [-0.2, -0.15) is 4.98 Å². The number of hydrogen-bond acceptors (Lipinski definition) is 4. The molecule has 0 radical (unpaired) electrons. The molecule has 0 aliphatic carbocycles. The molecule has 0 amide bonds. The van der Waals surface area contributed by atoms with E-state index in [9.17, 15) is 0 Å². The molecule has 4 nitrogen and oxygen atoms in total. The molecule has 2 aromatic heterocycles. The maximum atomic E-state index is 5.95. The number of halogens is 1. The third kappa shape index (κ3) is 2.35. The Morgan fingerprint density at radius 3 is 2.59 bits per heavy atom. The van der Waals surface area contributed by atoms with Gasteiger partial charge in [-0.15, -0.1) is 0 Å². The van der Waals surface area contributed by atoms with Crippen LogP contribution in [0.15, 0.2) is 48.5 Å². The van der Waals surface area contributed by atoms with Crippen molar-refractivity contribution in [3.05, 3.63) is 58.3 Å². The summed E-state index contributed by atoms with van der Waals surface area (Å²) in [5.74, 6) is 0.723. The number of nitrogens with one attached hydrogen (secondary N) is 1. The molecule has 0 spiro atoms. The summed E-state index contributed by atoms with van der Waals surface area (Å²) < 4.78 is 3.35. The number of nitrogens with zero attached hydrogens (tertiary/aromatic N) is 3. The number of rotatable bonds is 2. The molecule has 0 aliphatic rings. The van der Waals surface area contributed by atoms with Gasteiger partial charge < -0.3 is 0 Å². The zero-order valence-corrected chi connectivity index (χ0v) is 13.5. The zero-order chi connectivity index (χ0) is 15.1. The Morgan fingerprint density at radius 1 is 1.05 bits per heavy atom. The fraction of sp³-hybridized carbons (Fsp3) is 0. The smallest absolute Gasteiger partial charge is 0.214 e. The number of thiazole rings is 1. The van der Waals surface area contributed by atoms with Crippen LogP contribution < -0.4 is 0 Å². The molecule has 2 heterocycles. The first-order valence-corrected chi connectivity index (χ1v) is 8.12. The summed E-state index contributed by atoms with van der Waals surface area (Å²) in [6.45, 7) is 0. The van der Waals surface area contributed by atoms with E-state index in [4.69, 9.17) is 23.8 Å². The first kappa shape index (κ1) is 13.6. The van der Waals surface area contributed by atoms with Crippen LogP contribution in [0.3, 0.4) is 0 Å². The minimum absolute atomic E-state index is 0.421. The summed E-state index contributed by atoms with van der Waals surface area (Å²) >= 11 is 12.7. The SMILES string of the molecule is S=c1nc(-c2ccc(Cl)cc2)n(-c2nc3ccccc3s2)[nH]1. The largest absolute Gasteiger partial charge is 0.264 e. The Labute approximate surface area is 140 Å². The van der Waals surface area contributed by atoms with E-state index in [0.717, 1.165) is 26.7 Å². The molecule has 4 rings (SSSR count). The highest BCUT2D eigenvalue weighted by molar-refractivity contribution is 7.71. The summed E-state index contributed by atoms with van der Waals surface area (Å²) in [5.41, 5.74) is 1.88. The summed E-state index contributed by atoms with van der Waals surface area (Å²) in [6.07, 6.45) is 0. The van der Waals surface area contributed by atoms with Crippen molar-refractivity contribution in [2.24, 2.45) is 0 Å². The Hall–Kier alpha value is -2.02. The minimum Gasteiger partial charge on any atom is -0.264 e. The van der Waals surface area contributed by atoms with Crippen LogP contribution in [0.2, 0.25) is 5.02 Å². The molecule has 0 saturated heterocycles. The molecule has 2 aromatic carbocycles. The van der Waals surface area contributed by atoms with Crippen LogP contribution in [0.5, 0.6) is 0 Å². The summed E-state index contributed by atoms with van der Waals surface area (Å²) in [7, 11) is 0. The van der Waals surface area contributed by atoms with Crippen molar-refractivity contribution in [2.75, 3.05) is 0 Å². The van der Waals surface area contributed by atoms with Gasteiger partial charge in [0.05, 0.1) is 10.2 Å². The van der Waals surface area contributed by atoms with Gasteiger partial charge in [0, 0.05) is 10.6 Å². The van der Waals surface area contributed by atoms with Crippen molar-refractivity contribution >= 4 is 45.4 Å². The number of fused-ring (bicyclic) bond motifs is 1. The second kappa shape index (κ2) is 5.31. The Kier molecular flexibility index (Phi) is 3.29.